The molecular formula is C36H31ClN2O2. The van der Waals surface area contributed by atoms with Crippen molar-refractivity contribution in [1.82, 2.24) is 4.98 Å². The van der Waals surface area contributed by atoms with Crippen LogP contribution in [-0.2, 0) is 5.41 Å². The van der Waals surface area contributed by atoms with Crippen molar-refractivity contribution >= 4 is 23.4 Å². The lowest BCUT2D eigenvalue weighted by atomic mass is 9.76. The Hall–Kier alpha value is -4.28. The molecule has 4 nitrogen and oxygen atoms in total. The third-order valence-corrected chi connectivity index (χ3v) is 8.60. The highest BCUT2D eigenvalue weighted by molar-refractivity contribution is 6.31. The highest BCUT2D eigenvalue weighted by atomic mass is 35.5. The normalized spacial score (nSPS) is 18.3. The maximum atomic E-state index is 7.22. The molecule has 2 aliphatic rings. The third-order valence-electron chi connectivity index (χ3n) is 8.38. The largest absolute Gasteiger partial charge is 0.462 e. The molecule has 0 radical (unpaired) electrons. The Morgan fingerprint density at radius 1 is 0.854 bits per heavy atom. The zero-order valence-electron chi connectivity index (χ0n) is 23.4. The van der Waals surface area contributed by atoms with Crippen molar-refractivity contribution < 1.29 is 9.15 Å². The quantitative estimate of drug-likeness (QED) is 0.215. The Kier molecular flexibility index (Phi) is 6.06. The van der Waals surface area contributed by atoms with E-state index >= 15 is 0 Å². The Labute approximate surface area is 245 Å². The fraction of sp³-hybridized carbons (Fsp3) is 0.194. The Morgan fingerprint density at radius 3 is 2.27 bits per heavy atom. The van der Waals surface area contributed by atoms with Gasteiger partial charge in [-0.05, 0) is 56.2 Å². The van der Waals surface area contributed by atoms with Crippen molar-refractivity contribution in [3.63, 3.8) is 0 Å². The maximum absolute atomic E-state index is 7.22. The highest BCUT2D eigenvalue weighted by Crippen LogP contribution is 2.56. The minimum atomic E-state index is -0.723. The van der Waals surface area contributed by atoms with Crippen molar-refractivity contribution in [2.45, 2.75) is 38.3 Å². The summed E-state index contributed by atoms with van der Waals surface area (Å²) in [7, 11) is 0. The van der Waals surface area contributed by atoms with Crippen LogP contribution in [0.15, 0.2) is 108 Å². The van der Waals surface area contributed by atoms with Crippen LogP contribution in [0, 0.1) is 0 Å². The molecule has 0 saturated carbocycles. The molecule has 204 valence electrons. The zero-order valence-corrected chi connectivity index (χ0v) is 24.2. The second-order valence-corrected chi connectivity index (χ2v) is 11.7. The van der Waals surface area contributed by atoms with Gasteiger partial charge in [0.05, 0.1) is 11.0 Å². The number of anilines is 1. The van der Waals surface area contributed by atoms with Gasteiger partial charge < -0.3 is 14.1 Å². The standard InChI is InChI=1S/C36H31ClN2O2/c1-4-21-39-30-18-12-11-17-29(30)35(2,3)36(39)20-19-26-22-27(37)23-28(32(26)41-36)34-38-31(24-13-7-5-8-14-24)33(40-34)25-15-9-6-10-16-25/h5-20,22-23H,4,21H2,1-3H3. The van der Waals surface area contributed by atoms with Gasteiger partial charge in [-0.15, -0.1) is 0 Å². The van der Waals surface area contributed by atoms with E-state index in [1.54, 1.807) is 0 Å². The van der Waals surface area contributed by atoms with Crippen LogP contribution in [0.4, 0.5) is 5.69 Å². The highest BCUT2D eigenvalue weighted by Gasteiger charge is 2.58. The summed E-state index contributed by atoms with van der Waals surface area (Å²) in [6.45, 7) is 7.59. The molecule has 4 aromatic carbocycles. The minimum Gasteiger partial charge on any atom is -0.462 e. The van der Waals surface area contributed by atoms with Crippen LogP contribution in [0.25, 0.3) is 40.1 Å². The van der Waals surface area contributed by atoms with Crippen molar-refractivity contribution in [3.8, 4) is 39.8 Å². The van der Waals surface area contributed by atoms with Crippen LogP contribution in [-0.4, -0.2) is 17.3 Å². The molecule has 1 unspecified atom stereocenters. The van der Waals surface area contributed by atoms with E-state index in [0.717, 1.165) is 46.7 Å². The number of oxazole rings is 1. The molecule has 0 aliphatic carbocycles. The molecule has 3 heterocycles. The molecule has 0 N–H and O–H groups in total. The molecule has 0 amide bonds. The third kappa shape index (κ3) is 3.93. The topological polar surface area (TPSA) is 38.5 Å². The summed E-state index contributed by atoms with van der Waals surface area (Å²) in [6.07, 6.45) is 5.33. The number of benzene rings is 4. The van der Waals surface area contributed by atoms with Gasteiger partial charge >= 0.3 is 0 Å². The van der Waals surface area contributed by atoms with E-state index in [1.807, 2.05) is 60.7 Å². The molecular weight excluding hydrogens is 528 g/mol. The predicted molar refractivity (Wildman–Crippen MR) is 167 cm³/mol. The Bertz CT molecular complexity index is 1720. The summed E-state index contributed by atoms with van der Waals surface area (Å²) >= 11 is 6.70. The fourth-order valence-corrected chi connectivity index (χ4v) is 6.58. The number of ether oxygens (including phenoxy) is 1. The fourth-order valence-electron chi connectivity index (χ4n) is 6.35. The molecule has 0 bridgehead atoms. The van der Waals surface area contributed by atoms with E-state index in [0.29, 0.717) is 16.7 Å². The number of para-hydroxylation sites is 1. The lowest BCUT2D eigenvalue weighted by Crippen LogP contribution is -2.59. The van der Waals surface area contributed by atoms with Crippen molar-refractivity contribution in [2.75, 3.05) is 11.4 Å². The number of hydrogen-bond acceptors (Lipinski definition) is 4. The van der Waals surface area contributed by atoms with E-state index in [4.69, 9.17) is 25.7 Å². The van der Waals surface area contributed by atoms with E-state index < -0.39 is 5.72 Å². The van der Waals surface area contributed by atoms with E-state index in [9.17, 15) is 0 Å². The van der Waals surface area contributed by atoms with Crippen LogP contribution in [0.2, 0.25) is 5.02 Å². The van der Waals surface area contributed by atoms with Gasteiger partial charge in [-0.2, -0.15) is 0 Å². The van der Waals surface area contributed by atoms with Crippen LogP contribution >= 0.6 is 11.6 Å². The molecule has 2 aliphatic heterocycles. The lowest BCUT2D eigenvalue weighted by molar-refractivity contribution is 0.0539. The number of hydrogen-bond donors (Lipinski definition) is 0. The average Bonchev–Trinajstić information content (AvgIpc) is 3.52. The molecule has 0 fully saturated rings. The van der Waals surface area contributed by atoms with Gasteiger partial charge in [-0.3, -0.25) is 0 Å². The minimum absolute atomic E-state index is 0.329. The second-order valence-electron chi connectivity index (χ2n) is 11.2. The van der Waals surface area contributed by atoms with Crippen molar-refractivity contribution in [3.05, 3.63) is 119 Å². The van der Waals surface area contributed by atoms with Gasteiger partial charge in [0.25, 0.3) is 0 Å². The number of nitrogens with zero attached hydrogens (tertiary/aromatic N) is 2. The molecule has 1 atom stereocenters. The van der Waals surface area contributed by atoms with Gasteiger partial charge in [-0.1, -0.05) is 97.4 Å². The van der Waals surface area contributed by atoms with Gasteiger partial charge in [0.2, 0.25) is 11.6 Å². The van der Waals surface area contributed by atoms with Gasteiger partial charge in [-0.25, -0.2) is 4.98 Å². The average molecular weight is 559 g/mol. The lowest BCUT2D eigenvalue weighted by Gasteiger charge is -2.47. The molecule has 1 spiro atoms. The van der Waals surface area contributed by atoms with E-state index in [2.05, 4.69) is 74.2 Å². The van der Waals surface area contributed by atoms with Crippen LogP contribution < -0.4 is 9.64 Å². The smallest absolute Gasteiger partial charge is 0.231 e. The number of rotatable bonds is 5. The molecule has 0 saturated heterocycles. The summed E-state index contributed by atoms with van der Waals surface area (Å²) in [4.78, 5) is 7.48. The van der Waals surface area contributed by atoms with Crippen LogP contribution in [0.1, 0.15) is 38.3 Å². The first-order valence-electron chi connectivity index (χ1n) is 14.1. The van der Waals surface area contributed by atoms with E-state index in [1.165, 1.54) is 11.3 Å². The summed E-state index contributed by atoms with van der Waals surface area (Å²) in [5, 5.41) is 0.600. The van der Waals surface area contributed by atoms with Gasteiger partial charge in [0, 0.05) is 33.9 Å². The van der Waals surface area contributed by atoms with Crippen molar-refractivity contribution in [2.24, 2.45) is 0 Å². The summed E-state index contributed by atoms with van der Waals surface area (Å²) in [5.74, 6) is 1.91. The first-order chi connectivity index (χ1) is 19.9. The maximum Gasteiger partial charge on any atom is 0.231 e. The first-order valence-corrected chi connectivity index (χ1v) is 14.5. The molecule has 7 rings (SSSR count). The molecule has 41 heavy (non-hydrogen) atoms. The van der Waals surface area contributed by atoms with Crippen LogP contribution in [0.5, 0.6) is 5.75 Å². The monoisotopic (exact) mass is 558 g/mol. The number of fused-ring (bicyclic) bond motifs is 2. The zero-order chi connectivity index (χ0) is 28.2. The van der Waals surface area contributed by atoms with Crippen molar-refractivity contribution in [1.29, 1.82) is 0 Å². The van der Waals surface area contributed by atoms with Gasteiger partial charge in [0.1, 0.15) is 11.4 Å². The first kappa shape index (κ1) is 25.7. The molecule has 1 aromatic heterocycles. The number of aromatic nitrogens is 1. The van der Waals surface area contributed by atoms with Gasteiger partial charge in [0.15, 0.2) is 5.76 Å². The van der Waals surface area contributed by atoms with E-state index in [-0.39, 0.29) is 5.41 Å². The second kappa shape index (κ2) is 9.67. The molecule has 5 aromatic rings. The SMILES string of the molecule is CCCN1c2ccccc2C(C)(C)C12C=Cc1cc(Cl)cc(-c3nc(-c4ccccc4)c(-c4ccccc4)o3)c1O2. The summed E-state index contributed by atoms with van der Waals surface area (Å²) < 4.78 is 13.8. The summed E-state index contributed by atoms with van der Waals surface area (Å²) in [6, 6.07) is 32.7. The Morgan fingerprint density at radius 2 is 1.54 bits per heavy atom. The molecule has 5 heteroatoms. The summed E-state index contributed by atoms with van der Waals surface area (Å²) in [5.41, 5.74) is 5.78. The Balaban J connectivity index is 1.42. The van der Waals surface area contributed by atoms with Crippen LogP contribution in [0.3, 0.4) is 0 Å². The predicted octanol–water partition coefficient (Wildman–Crippen LogP) is 9.64. The number of halogens is 1.